The van der Waals surface area contributed by atoms with Crippen molar-refractivity contribution in [3.8, 4) is 0 Å². The largest absolute Gasteiger partial charge is 0.382 e. The number of likely N-dealkylation sites (tertiary alicyclic amines) is 1. The van der Waals surface area contributed by atoms with Gasteiger partial charge in [0, 0.05) is 18.8 Å². The molecule has 2 N–H and O–H groups in total. The number of hydrogen-bond acceptors (Lipinski definition) is 5. The molecule has 1 aliphatic rings. The molecule has 3 heterocycles. The summed E-state index contributed by atoms with van der Waals surface area (Å²) in [5, 5.41) is 4.39. The van der Waals surface area contributed by atoms with Crippen molar-refractivity contribution in [2.75, 3.05) is 18.8 Å². The van der Waals surface area contributed by atoms with Crippen molar-refractivity contribution in [1.29, 1.82) is 0 Å². The van der Waals surface area contributed by atoms with Crippen molar-refractivity contribution in [1.82, 2.24) is 24.6 Å². The molecule has 0 saturated carbocycles. The van der Waals surface area contributed by atoms with Crippen LogP contribution in [0.15, 0.2) is 18.5 Å². The Labute approximate surface area is 148 Å². The first-order valence-electron chi connectivity index (χ1n) is 8.86. The van der Waals surface area contributed by atoms with Crippen molar-refractivity contribution >= 4 is 11.7 Å². The Morgan fingerprint density at radius 2 is 2.08 bits per heavy atom. The third kappa shape index (κ3) is 4.55. The second-order valence-electron chi connectivity index (χ2n) is 6.90. The van der Waals surface area contributed by atoms with Gasteiger partial charge in [-0.2, -0.15) is 5.10 Å². The molecule has 2 aromatic heterocycles. The lowest BCUT2D eigenvalue weighted by molar-refractivity contribution is -0.132. The van der Waals surface area contributed by atoms with Gasteiger partial charge in [-0.15, -0.1) is 0 Å². The van der Waals surface area contributed by atoms with E-state index in [0.29, 0.717) is 18.3 Å². The molecular formula is C18H26N6O. The second-order valence-corrected chi connectivity index (χ2v) is 6.90. The van der Waals surface area contributed by atoms with E-state index in [1.165, 1.54) is 0 Å². The molecule has 1 amide bonds. The topological polar surface area (TPSA) is 89.9 Å². The average Bonchev–Trinajstić information content (AvgIpc) is 2.76. The maximum absolute atomic E-state index is 12.6. The number of nitrogens with zero attached hydrogens (tertiary/aromatic N) is 5. The van der Waals surface area contributed by atoms with E-state index in [0.717, 1.165) is 55.9 Å². The molecule has 0 radical (unpaired) electrons. The Morgan fingerprint density at radius 1 is 1.24 bits per heavy atom. The molecule has 134 valence electrons. The number of nitrogen functional groups attached to an aromatic ring is 1. The normalized spacial score (nSPS) is 18.2. The fourth-order valence-electron chi connectivity index (χ4n) is 3.45. The van der Waals surface area contributed by atoms with Crippen LogP contribution in [0.2, 0.25) is 0 Å². The average molecular weight is 342 g/mol. The Morgan fingerprint density at radius 3 is 2.76 bits per heavy atom. The number of amides is 1. The van der Waals surface area contributed by atoms with Crippen molar-refractivity contribution in [2.24, 2.45) is 5.92 Å². The number of carbonyl (C=O) groups excluding carboxylic acids is 1. The summed E-state index contributed by atoms with van der Waals surface area (Å²) >= 11 is 0. The van der Waals surface area contributed by atoms with E-state index in [9.17, 15) is 4.79 Å². The van der Waals surface area contributed by atoms with Crippen molar-refractivity contribution < 1.29 is 4.79 Å². The molecule has 0 spiro atoms. The number of hydrogen-bond donors (Lipinski definition) is 1. The highest BCUT2D eigenvalue weighted by Crippen LogP contribution is 2.21. The van der Waals surface area contributed by atoms with Crippen LogP contribution >= 0.6 is 0 Å². The van der Waals surface area contributed by atoms with Crippen LogP contribution in [0, 0.1) is 19.8 Å². The zero-order valence-corrected chi connectivity index (χ0v) is 15.0. The van der Waals surface area contributed by atoms with Gasteiger partial charge in [0.1, 0.15) is 12.4 Å². The highest BCUT2D eigenvalue weighted by molar-refractivity contribution is 5.76. The predicted octanol–water partition coefficient (Wildman–Crippen LogP) is 1.74. The van der Waals surface area contributed by atoms with Gasteiger partial charge in [0.05, 0.1) is 23.8 Å². The van der Waals surface area contributed by atoms with Crippen LogP contribution in [0.5, 0.6) is 0 Å². The van der Waals surface area contributed by atoms with Crippen LogP contribution < -0.4 is 5.73 Å². The molecule has 7 nitrogen and oxygen atoms in total. The lowest BCUT2D eigenvalue weighted by Gasteiger charge is -2.21. The van der Waals surface area contributed by atoms with Crippen LogP contribution in [0.1, 0.15) is 36.3 Å². The summed E-state index contributed by atoms with van der Waals surface area (Å²) in [5.74, 6) is 1.13. The maximum atomic E-state index is 12.6. The molecule has 25 heavy (non-hydrogen) atoms. The van der Waals surface area contributed by atoms with Crippen LogP contribution in [-0.4, -0.2) is 43.6 Å². The van der Waals surface area contributed by atoms with Gasteiger partial charge in [-0.05, 0) is 51.5 Å². The van der Waals surface area contributed by atoms with Crippen LogP contribution in [0.4, 0.5) is 5.82 Å². The minimum atomic E-state index is 0.152. The number of aromatic nitrogens is 4. The molecule has 0 aliphatic carbocycles. The molecule has 0 aromatic carbocycles. The molecule has 2 aromatic rings. The van der Waals surface area contributed by atoms with Crippen LogP contribution in [0.25, 0.3) is 0 Å². The number of aryl methyl sites for hydroxylation is 2. The summed E-state index contributed by atoms with van der Waals surface area (Å²) in [6.45, 7) is 5.88. The number of anilines is 1. The minimum Gasteiger partial charge on any atom is -0.382 e. The lowest BCUT2D eigenvalue weighted by atomic mass is 9.95. The SMILES string of the molecule is Cc1cc(C)n(CC(=O)N2CCC[C@H](Cc3cnc(N)cn3)CC2)n1. The number of nitrogens with two attached hydrogens (primary N) is 1. The standard InChI is InChI=1S/C18H26N6O/c1-13-8-14(2)24(22-13)12-18(25)23-6-3-4-15(5-7-23)9-16-10-21-17(19)11-20-16/h8,10-11,15H,3-7,9,12H2,1-2H3,(H2,19,21)/t15-/m0/s1. The van der Waals surface area contributed by atoms with Gasteiger partial charge in [-0.25, -0.2) is 4.98 Å². The van der Waals surface area contributed by atoms with Gasteiger partial charge in [0.25, 0.3) is 0 Å². The Bertz CT molecular complexity index is 724. The molecule has 1 saturated heterocycles. The first kappa shape index (κ1) is 17.4. The second kappa shape index (κ2) is 7.63. The van der Waals surface area contributed by atoms with Crippen molar-refractivity contribution in [3.05, 3.63) is 35.5 Å². The number of carbonyl (C=O) groups is 1. The third-order valence-corrected chi connectivity index (χ3v) is 4.81. The Kier molecular flexibility index (Phi) is 5.31. The molecule has 1 fully saturated rings. The summed E-state index contributed by atoms with van der Waals surface area (Å²) < 4.78 is 1.80. The quantitative estimate of drug-likeness (QED) is 0.914. The van der Waals surface area contributed by atoms with Gasteiger partial charge in [0.2, 0.25) is 5.91 Å². The van der Waals surface area contributed by atoms with E-state index >= 15 is 0 Å². The molecule has 1 aliphatic heterocycles. The van der Waals surface area contributed by atoms with E-state index in [1.807, 2.05) is 24.8 Å². The highest BCUT2D eigenvalue weighted by Gasteiger charge is 2.22. The van der Waals surface area contributed by atoms with Crippen molar-refractivity contribution in [2.45, 2.75) is 46.1 Å². The van der Waals surface area contributed by atoms with E-state index in [1.54, 1.807) is 17.1 Å². The first-order valence-corrected chi connectivity index (χ1v) is 8.86. The molecule has 0 unspecified atom stereocenters. The summed E-state index contributed by atoms with van der Waals surface area (Å²) in [7, 11) is 0. The molecule has 0 bridgehead atoms. The van der Waals surface area contributed by atoms with E-state index in [-0.39, 0.29) is 5.91 Å². The zero-order chi connectivity index (χ0) is 17.8. The van der Waals surface area contributed by atoms with Crippen LogP contribution in [-0.2, 0) is 17.8 Å². The number of rotatable bonds is 4. The smallest absolute Gasteiger partial charge is 0.244 e. The summed E-state index contributed by atoms with van der Waals surface area (Å²) in [4.78, 5) is 23.0. The van der Waals surface area contributed by atoms with Gasteiger partial charge < -0.3 is 10.6 Å². The fourth-order valence-corrected chi connectivity index (χ4v) is 3.45. The summed E-state index contributed by atoms with van der Waals surface area (Å²) in [6, 6.07) is 2.00. The van der Waals surface area contributed by atoms with Crippen LogP contribution in [0.3, 0.4) is 0 Å². The highest BCUT2D eigenvalue weighted by atomic mass is 16.2. The first-order chi connectivity index (χ1) is 12.0. The molecule has 7 heteroatoms. The Balaban J connectivity index is 1.54. The summed E-state index contributed by atoms with van der Waals surface area (Å²) in [6.07, 6.45) is 7.38. The lowest BCUT2D eigenvalue weighted by Crippen LogP contribution is -2.35. The molecule has 1 atom stereocenters. The van der Waals surface area contributed by atoms with E-state index < -0.39 is 0 Å². The third-order valence-electron chi connectivity index (χ3n) is 4.81. The molecule has 3 rings (SSSR count). The molecular weight excluding hydrogens is 316 g/mol. The predicted molar refractivity (Wildman–Crippen MR) is 95.8 cm³/mol. The minimum absolute atomic E-state index is 0.152. The van der Waals surface area contributed by atoms with Crippen molar-refractivity contribution in [3.63, 3.8) is 0 Å². The van der Waals surface area contributed by atoms with Gasteiger partial charge >= 0.3 is 0 Å². The maximum Gasteiger partial charge on any atom is 0.244 e. The van der Waals surface area contributed by atoms with Gasteiger partial charge in [-0.1, -0.05) is 0 Å². The Hall–Kier alpha value is -2.44. The van der Waals surface area contributed by atoms with E-state index in [2.05, 4.69) is 15.1 Å². The van der Waals surface area contributed by atoms with Gasteiger partial charge in [-0.3, -0.25) is 14.5 Å². The monoisotopic (exact) mass is 342 g/mol. The van der Waals surface area contributed by atoms with Gasteiger partial charge in [0.15, 0.2) is 0 Å². The fraction of sp³-hybridized carbons (Fsp3) is 0.556. The van der Waals surface area contributed by atoms with E-state index in [4.69, 9.17) is 5.73 Å². The summed E-state index contributed by atoms with van der Waals surface area (Å²) in [5.41, 5.74) is 8.54. The zero-order valence-electron chi connectivity index (χ0n) is 15.0.